The number of hydrogen-bond acceptors (Lipinski definition) is 3. The molecule has 1 aromatic carbocycles. The van der Waals surface area contributed by atoms with Crippen molar-refractivity contribution in [3.63, 3.8) is 0 Å². The first-order valence-electron chi connectivity index (χ1n) is 8.23. The average molecular weight is 301 g/mol. The molecule has 1 aliphatic rings. The zero-order chi connectivity index (χ0) is 16.0. The SMILES string of the molecule is CC(C)(C)c1cccc(OCCOC2CCC(C#N)CC2)c1. The minimum Gasteiger partial charge on any atom is -0.491 e. The maximum atomic E-state index is 8.89. The zero-order valence-corrected chi connectivity index (χ0v) is 14.0. The van der Waals surface area contributed by atoms with Crippen LogP contribution in [-0.4, -0.2) is 19.3 Å². The van der Waals surface area contributed by atoms with Gasteiger partial charge >= 0.3 is 0 Å². The van der Waals surface area contributed by atoms with Gasteiger partial charge in [-0.15, -0.1) is 0 Å². The number of nitrogens with zero attached hydrogens (tertiary/aromatic N) is 1. The van der Waals surface area contributed by atoms with Crippen molar-refractivity contribution in [3.05, 3.63) is 29.8 Å². The third-order valence-electron chi connectivity index (χ3n) is 4.26. The van der Waals surface area contributed by atoms with Crippen molar-refractivity contribution < 1.29 is 9.47 Å². The predicted octanol–water partition coefficient (Wildman–Crippen LogP) is 4.46. The van der Waals surface area contributed by atoms with E-state index < -0.39 is 0 Å². The Labute approximate surface area is 134 Å². The second-order valence-corrected chi connectivity index (χ2v) is 7.10. The molecule has 22 heavy (non-hydrogen) atoms. The Kier molecular flexibility index (Phi) is 5.85. The lowest BCUT2D eigenvalue weighted by molar-refractivity contribution is 0.00822. The van der Waals surface area contributed by atoms with Crippen molar-refractivity contribution in [2.45, 2.75) is 58.0 Å². The number of nitriles is 1. The van der Waals surface area contributed by atoms with E-state index in [-0.39, 0.29) is 11.3 Å². The highest BCUT2D eigenvalue weighted by Crippen LogP contribution is 2.26. The normalized spacial score (nSPS) is 22.1. The number of benzene rings is 1. The van der Waals surface area contributed by atoms with Crippen molar-refractivity contribution in [2.24, 2.45) is 5.92 Å². The standard InChI is InChI=1S/C19H27NO2/c1-19(2,3)16-5-4-6-18(13-16)22-12-11-21-17-9-7-15(14-20)8-10-17/h4-6,13,15,17H,7-12H2,1-3H3. The summed E-state index contributed by atoms with van der Waals surface area (Å²) >= 11 is 0. The summed E-state index contributed by atoms with van der Waals surface area (Å²) in [5, 5.41) is 8.89. The van der Waals surface area contributed by atoms with Crippen LogP contribution in [0.1, 0.15) is 52.0 Å². The second kappa shape index (κ2) is 7.65. The lowest BCUT2D eigenvalue weighted by Gasteiger charge is -2.25. The molecular weight excluding hydrogens is 274 g/mol. The summed E-state index contributed by atoms with van der Waals surface area (Å²) in [6.45, 7) is 7.79. The highest BCUT2D eigenvalue weighted by Gasteiger charge is 2.21. The number of hydrogen-bond donors (Lipinski definition) is 0. The summed E-state index contributed by atoms with van der Waals surface area (Å²) in [4.78, 5) is 0. The van der Waals surface area contributed by atoms with Crippen molar-refractivity contribution in [1.82, 2.24) is 0 Å². The average Bonchev–Trinajstić information content (AvgIpc) is 2.52. The van der Waals surface area contributed by atoms with Crippen LogP contribution >= 0.6 is 0 Å². The Balaban J connectivity index is 1.70. The van der Waals surface area contributed by atoms with Gasteiger partial charge in [0.1, 0.15) is 12.4 Å². The Morgan fingerprint density at radius 2 is 1.86 bits per heavy atom. The fourth-order valence-electron chi connectivity index (χ4n) is 2.79. The molecule has 0 aromatic heterocycles. The first-order chi connectivity index (χ1) is 10.5. The molecule has 0 amide bonds. The minimum atomic E-state index is 0.134. The highest BCUT2D eigenvalue weighted by molar-refractivity contribution is 5.32. The zero-order valence-electron chi connectivity index (χ0n) is 14.0. The molecule has 0 radical (unpaired) electrons. The summed E-state index contributed by atoms with van der Waals surface area (Å²) in [7, 11) is 0. The van der Waals surface area contributed by atoms with E-state index >= 15 is 0 Å². The molecule has 0 saturated heterocycles. The van der Waals surface area contributed by atoms with E-state index in [1.807, 2.05) is 12.1 Å². The van der Waals surface area contributed by atoms with E-state index in [1.165, 1.54) is 5.56 Å². The van der Waals surface area contributed by atoms with E-state index in [0.29, 0.717) is 19.3 Å². The molecule has 0 bridgehead atoms. The molecule has 1 fully saturated rings. The Hall–Kier alpha value is -1.53. The quantitative estimate of drug-likeness (QED) is 0.754. The van der Waals surface area contributed by atoms with Crippen molar-refractivity contribution in [1.29, 1.82) is 5.26 Å². The van der Waals surface area contributed by atoms with Crippen LogP contribution in [0.3, 0.4) is 0 Å². The van der Waals surface area contributed by atoms with Gasteiger partial charge in [0, 0.05) is 5.92 Å². The molecule has 1 saturated carbocycles. The third-order valence-corrected chi connectivity index (χ3v) is 4.26. The van der Waals surface area contributed by atoms with Crippen molar-refractivity contribution >= 4 is 0 Å². The summed E-state index contributed by atoms with van der Waals surface area (Å²) in [6, 6.07) is 10.6. The lowest BCUT2D eigenvalue weighted by atomic mass is 9.87. The van der Waals surface area contributed by atoms with Crippen LogP contribution in [0.2, 0.25) is 0 Å². The molecular formula is C19H27NO2. The molecule has 0 aliphatic heterocycles. The number of rotatable bonds is 5. The van der Waals surface area contributed by atoms with Gasteiger partial charge in [-0.1, -0.05) is 32.9 Å². The van der Waals surface area contributed by atoms with Gasteiger partial charge in [-0.25, -0.2) is 0 Å². The fraction of sp³-hybridized carbons (Fsp3) is 0.632. The molecule has 3 heteroatoms. The summed E-state index contributed by atoms with van der Waals surface area (Å²) in [5.74, 6) is 1.14. The van der Waals surface area contributed by atoms with Crippen LogP contribution in [0, 0.1) is 17.2 Å². The molecule has 2 rings (SSSR count). The van der Waals surface area contributed by atoms with Gasteiger partial charge in [0.15, 0.2) is 0 Å². The molecule has 3 nitrogen and oxygen atoms in total. The van der Waals surface area contributed by atoms with Crippen LogP contribution in [0.25, 0.3) is 0 Å². The first kappa shape index (κ1) is 16.8. The topological polar surface area (TPSA) is 42.2 Å². The van der Waals surface area contributed by atoms with E-state index in [9.17, 15) is 0 Å². The van der Waals surface area contributed by atoms with Crippen LogP contribution in [0.5, 0.6) is 5.75 Å². The van der Waals surface area contributed by atoms with Crippen molar-refractivity contribution in [3.8, 4) is 11.8 Å². The maximum absolute atomic E-state index is 8.89. The van der Waals surface area contributed by atoms with Gasteiger partial charge in [0.25, 0.3) is 0 Å². The molecule has 0 unspecified atom stereocenters. The predicted molar refractivity (Wildman–Crippen MR) is 87.9 cm³/mol. The van der Waals surface area contributed by atoms with Crippen LogP contribution < -0.4 is 4.74 Å². The van der Waals surface area contributed by atoms with Crippen LogP contribution in [-0.2, 0) is 10.2 Å². The summed E-state index contributed by atoms with van der Waals surface area (Å²) in [6.07, 6.45) is 4.23. The third kappa shape index (κ3) is 5.03. The van der Waals surface area contributed by atoms with Gasteiger partial charge in [-0.3, -0.25) is 0 Å². The van der Waals surface area contributed by atoms with Gasteiger partial charge < -0.3 is 9.47 Å². The molecule has 120 valence electrons. The molecule has 1 aliphatic carbocycles. The van der Waals surface area contributed by atoms with E-state index in [0.717, 1.165) is 31.4 Å². The van der Waals surface area contributed by atoms with Gasteiger partial charge in [0.05, 0.1) is 18.8 Å². The molecule has 1 aromatic rings. The second-order valence-electron chi connectivity index (χ2n) is 7.10. The van der Waals surface area contributed by atoms with Crippen molar-refractivity contribution in [2.75, 3.05) is 13.2 Å². The Morgan fingerprint density at radius 1 is 1.14 bits per heavy atom. The fourth-order valence-corrected chi connectivity index (χ4v) is 2.79. The maximum Gasteiger partial charge on any atom is 0.119 e. The Bertz CT molecular complexity index is 505. The smallest absolute Gasteiger partial charge is 0.119 e. The first-order valence-corrected chi connectivity index (χ1v) is 8.23. The number of ether oxygens (including phenoxy) is 2. The Morgan fingerprint density at radius 3 is 2.50 bits per heavy atom. The molecule has 0 N–H and O–H groups in total. The lowest BCUT2D eigenvalue weighted by Crippen LogP contribution is -2.23. The summed E-state index contributed by atoms with van der Waals surface area (Å²) < 4.78 is 11.7. The molecule has 0 spiro atoms. The van der Waals surface area contributed by atoms with Gasteiger partial charge in [-0.2, -0.15) is 5.26 Å². The monoisotopic (exact) mass is 301 g/mol. The summed E-state index contributed by atoms with van der Waals surface area (Å²) in [5.41, 5.74) is 1.41. The minimum absolute atomic E-state index is 0.134. The van der Waals surface area contributed by atoms with E-state index in [4.69, 9.17) is 14.7 Å². The molecule has 0 atom stereocenters. The largest absolute Gasteiger partial charge is 0.491 e. The highest BCUT2D eigenvalue weighted by atomic mass is 16.5. The van der Waals surface area contributed by atoms with Crippen LogP contribution in [0.15, 0.2) is 24.3 Å². The van der Waals surface area contributed by atoms with E-state index in [1.54, 1.807) is 0 Å². The van der Waals surface area contributed by atoms with Gasteiger partial charge in [0.2, 0.25) is 0 Å². The molecule has 0 heterocycles. The van der Waals surface area contributed by atoms with Gasteiger partial charge in [-0.05, 0) is 48.8 Å². The van der Waals surface area contributed by atoms with E-state index in [2.05, 4.69) is 39.0 Å². The van der Waals surface area contributed by atoms with Crippen LogP contribution in [0.4, 0.5) is 0 Å².